The van der Waals surface area contributed by atoms with Crippen molar-refractivity contribution in [1.29, 1.82) is 0 Å². The molecule has 0 unspecified atom stereocenters. The van der Waals surface area contributed by atoms with E-state index in [4.69, 9.17) is 0 Å². The number of hydrogen-bond donors (Lipinski definition) is 0. The molecule has 3 nitrogen and oxygen atoms in total. The highest BCUT2D eigenvalue weighted by Crippen LogP contribution is 2.35. The molecule has 2 heterocycles. The van der Waals surface area contributed by atoms with Crippen molar-refractivity contribution in [3.05, 3.63) is 101 Å². The highest BCUT2D eigenvalue weighted by atomic mass is 16.2. The molecule has 29 heavy (non-hydrogen) atoms. The largest absolute Gasteiger partial charge is 0.332 e. The summed E-state index contributed by atoms with van der Waals surface area (Å²) in [5.74, 6) is 0.0987. The number of anilines is 1. The van der Waals surface area contributed by atoms with Gasteiger partial charge >= 0.3 is 0 Å². The summed E-state index contributed by atoms with van der Waals surface area (Å²) >= 11 is 0. The molecular weight excluding hydrogens is 356 g/mol. The molecule has 1 aliphatic heterocycles. The Bertz CT molecular complexity index is 1210. The molecule has 1 aliphatic rings. The lowest BCUT2D eigenvalue weighted by molar-refractivity contribution is 0.0972. The van der Waals surface area contributed by atoms with Crippen molar-refractivity contribution < 1.29 is 4.79 Å². The average molecular weight is 380 g/mol. The Morgan fingerprint density at radius 2 is 1.59 bits per heavy atom. The zero-order valence-electron chi connectivity index (χ0n) is 16.9. The summed E-state index contributed by atoms with van der Waals surface area (Å²) in [4.78, 5) is 15.6. The van der Waals surface area contributed by atoms with Gasteiger partial charge in [0, 0.05) is 24.2 Å². The molecule has 144 valence electrons. The number of carbonyl (C=O) groups is 1. The first-order chi connectivity index (χ1) is 14.1. The fourth-order valence-electron chi connectivity index (χ4n) is 4.68. The molecule has 1 amide bonds. The summed E-state index contributed by atoms with van der Waals surface area (Å²) in [5.41, 5.74) is 7.86. The summed E-state index contributed by atoms with van der Waals surface area (Å²) < 4.78 is 2.24. The first kappa shape index (κ1) is 17.7. The van der Waals surface area contributed by atoms with Crippen molar-refractivity contribution >= 4 is 22.5 Å². The van der Waals surface area contributed by atoms with E-state index >= 15 is 0 Å². The van der Waals surface area contributed by atoms with Crippen molar-refractivity contribution in [2.75, 3.05) is 11.4 Å². The molecule has 0 fully saturated rings. The number of hydrogen-bond acceptors (Lipinski definition) is 1. The van der Waals surface area contributed by atoms with Gasteiger partial charge in [0.05, 0.1) is 5.52 Å². The number of benzene rings is 3. The predicted molar refractivity (Wildman–Crippen MR) is 119 cm³/mol. The van der Waals surface area contributed by atoms with Crippen LogP contribution in [-0.2, 0) is 13.0 Å². The van der Waals surface area contributed by atoms with Crippen LogP contribution in [0.15, 0.2) is 72.8 Å². The summed E-state index contributed by atoms with van der Waals surface area (Å²) in [6, 6.07) is 24.9. The van der Waals surface area contributed by atoms with Crippen LogP contribution in [0.1, 0.15) is 32.7 Å². The predicted octanol–water partition coefficient (Wildman–Crippen LogP) is 5.51. The summed E-state index contributed by atoms with van der Waals surface area (Å²) in [7, 11) is 0. The van der Waals surface area contributed by atoms with Gasteiger partial charge < -0.3 is 9.47 Å². The second kappa shape index (κ2) is 6.93. The number of para-hydroxylation sites is 1. The molecular formula is C26H24N2O. The van der Waals surface area contributed by atoms with Gasteiger partial charge in [0.15, 0.2) is 0 Å². The molecule has 0 spiro atoms. The van der Waals surface area contributed by atoms with E-state index in [1.54, 1.807) is 0 Å². The van der Waals surface area contributed by atoms with Crippen molar-refractivity contribution in [2.45, 2.75) is 26.8 Å². The monoisotopic (exact) mass is 380 g/mol. The van der Waals surface area contributed by atoms with Crippen LogP contribution in [-0.4, -0.2) is 17.0 Å². The molecule has 3 aromatic carbocycles. The van der Waals surface area contributed by atoms with Crippen LogP contribution in [0, 0.1) is 13.8 Å². The van der Waals surface area contributed by atoms with Crippen LogP contribution in [0.3, 0.4) is 0 Å². The van der Waals surface area contributed by atoms with E-state index in [9.17, 15) is 4.79 Å². The van der Waals surface area contributed by atoms with Gasteiger partial charge in [-0.15, -0.1) is 0 Å². The Morgan fingerprint density at radius 1 is 0.897 bits per heavy atom. The molecule has 3 heteroatoms. The molecule has 0 saturated carbocycles. The Balaban J connectivity index is 1.73. The van der Waals surface area contributed by atoms with Gasteiger partial charge in [0.2, 0.25) is 0 Å². The third kappa shape index (κ3) is 2.94. The van der Waals surface area contributed by atoms with Gasteiger partial charge in [-0.1, -0.05) is 60.2 Å². The third-order valence-corrected chi connectivity index (χ3v) is 5.88. The molecule has 4 aromatic rings. The lowest BCUT2D eigenvalue weighted by Gasteiger charge is -2.28. The molecule has 0 saturated heterocycles. The number of amides is 1. The van der Waals surface area contributed by atoms with E-state index in [1.807, 2.05) is 41.3 Å². The normalized spacial score (nSPS) is 13.7. The molecule has 1 aromatic heterocycles. The fourth-order valence-corrected chi connectivity index (χ4v) is 4.68. The number of aryl methyl sites for hydroxylation is 2. The summed E-state index contributed by atoms with van der Waals surface area (Å²) in [6.07, 6.45) is 0.872. The van der Waals surface area contributed by atoms with E-state index in [0.29, 0.717) is 13.1 Å². The van der Waals surface area contributed by atoms with E-state index in [2.05, 4.69) is 54.8 Å². The Hall–Kier alpha value is -3.33. The molecule has 0 radical (unpaired) electrons. The lowest BCUT2D eigenvalue weighted by Crippen LogP contribution is -2.38. The standard InChI is InChI=1S/C26H24N2O/c1-18-15-19(2)24-23(16-18)22-13-14-27(21-11-7-4-8-12-21)26(29)25(22)28(24)17-20-9-5-3-6-10-20/h3-12,15-16H,13-14,17H2,1-2H3. The van der Waals surface area contributed by atoms with Crippen molar-refractivity contribution in [2.24, 2.45) is 0 Å². The van der Waals surface area contributed by atoms with Crippen LogP contribution in [0.5, 0.6) is 0 Å². The third-order valence-electron chi connectivity index (χ3n) is 5.88. The van der Waals surface area contributed by atoms with Gasteiger partial charge in [-0.3, -0.25) is 4.79 Å². The SMILES string of the molecule is Cc1cc(C)c2c(c1)c1c(n2Cc2ccccc2)C(=O)N(c2ccccc2)CC1. The van der Waals surface area contributed by atoms with Gasteiger partial charge in [0.1, 0.15) is 5.69 Å². The first-order valence-electron chi connectivity index (χ1n) is 10.2. The molecule has 0 atom stereocenters. The highest BCUT2D eigenvalue weighted by Gasteiger charge is 2.32. The van der Waals surface area contributed by atoms with Crippen LogP contribution in [0.2, 0.25) is 0 Å². The minimum absolute atomic E-state index is 0.0987. The number of aromatic nitrogens is 1. The van der Waals surface area contributed by atoms with E-state index < -0.39 is 0 Å². The Labute approximate surface area is 171 Å². The number of nitrogens with zero attached hydrogens (tertiary/aromatic N) is 2. The van der Waals surface area contributed by atoms with E-state index in [0.717, 1.165) is 17.8 Å². The van der Waals surface area contributed by atoms with E-state index in [-0.39, 0.29) is 5.91 Å². The van der Waals surface area contributed by atoms with Gasteiger partial charge in [-0.2, -0.15) is 0 Å². The fraction of sp³-hybridized carbons (Fsp3) is 0.192. The maximum absolute atomic E-state index is 13.7. The van der Waals surface area contributed by atoms with Crippen molar-refractivity contribution in [1.82, 2.24) is 4.57 Å². The molecule has 0 N–H and O–H groups in total. The molecule has 0 bridgehead atoms. The quantitative estimate of drug-likeness (QED) is 0.460. The first-order valence-corrected chi connectivity index (χ1v) is 10.2. The topological polar surface area (TPSA) is 25.2 Å². The lowest BCUT2D eigenvalue weighted by atomic mass is 10.00. The van der Waals surface area contributed by atoms with Crippen LogP contribution in [0.4, 0.5) is 5.69 Å². The minimum Gasteiger partial charge on any atom is -0.332 e. The molecule has 5 rings (SSSR count). The maximum atomic E-state index is 13.7. The Morgan fingerprint density at radius 3 is 2.31 bits per heavy atom. The molecule has 0 aliphatic carbocycles. The average Bonchev–Trinajstić information content (AvgIpc) is 3.04. The Kier molecular flexibility index (Phi) is 4.24. The zero-order chi connectivity index (χ0) is 20.0. The second-order valence-electron chi connectivity index (χ2n) is 7.92. The van der Waals surface area contributed by atoms with Crippen LogP contribution >= 0.6 is 0 Å². The van der Waals surface area contributed by atoms with Crippen molar-refractivity contribution in [3.63, 3.8) is 0 Å². The number of rotatable bonds is 3. The number of carbonyl (C=O) groups excluding carboxylic acids is 1. The van der Waals surface area contributed by atoms with Gasteiger partial charge in [-0.05, 0) is 55.2 Å². The minimum atomic E-state index is 0.0987. The van der Waals surface area contributed by atoms with Crippen LogP contribution < -0.4 is 4.90 Å². The van der Waals surface area contributed by atoms with Gasteiger partial charge in [-0.25, -0.2) is 0 Å². The van der Waals surface area contributed by atoms with Crippen LogP contribution in [0.25, 0.3) is 10.9 Å². The van der Waals surface area contributed by atoms with Gasteiger partial charge in [0.25, 0.3) is 5.91 Å². The smallest absolute Gasteiger partial charge is 0.275 e. The number of fused-ring (bicyclic) bond motifs is 3. The summed E-state index contributed by atoms with van der Waals surface area (Å²) in [5, 5.41) is 1.23. The zero-order valence-corrected chi connectivity index (χ0v) is 16.9. The van der Waals surface area contributed by atoms with Crippen molar-refractivity contribution in [3.8, 4) is 0 Å². The van der Waals surface area contributed by atoms with E-state index in [1.165, 1.54) is 33.2 Å². The highest BCUT2D eigenvalue weighted by molar-refractivity contribution is 6.11. The second-order valence-corrected chi connectivity index (χ2v) is 7.92. The maximum Gasteiger partial charge on any atom is 0.275 e. The summed E-state index contributed by atoms with van der Waals surface area (Å²) in [6.45, 7) is 5.70.